The number of ketones is 1. The third-order valence-corrected chi connectivity index (χ3v) is 2.76. The number of carbonyl (C=O) groups excluding carboxylic acids is 3. The molecule has 0 N–H and O–H groups in total. The first-order valence-corrected chi connectivity index (χ1v) is 7.57. The number of esters is 1. The van der Waals surface area contributed by atoms with Crippen molar-refractivity contribution in [2.75, 3.05) is 39.0 Å². The van der Waals surface area contributed by atoms with Crippen molar-refractivity contribution >= 4 is 30.4 Å². The maximum atomic E-state index is 12.0. The fourth-order valence-electron chi connectivity index (χ4n) is 1.85. The predicted octanol–water partition coefficient (Wildman–Crippen LogP) is 1.20. The first-order chi connectivity index (χ1) is 9.54. The molecule has 1 fully saturated rings. The Hall–Kier alpha value is -1.24. The third kappa shape index (κ3) is 6.79. The van der Waals surface area contributed by atoms with E-state index in [0.717, 1.165) is 6.42 Å². The van der Waals surface area contributed by atoms with Crippen LogP contribution in [0.2, 0.25) is 0 Å². The van der Waals surface area contributed by atoms with Gasteiger partial charge in [0.1, 0.15) is 12.3 Å². The van der Waals surface area contributed by atoms with E-state index in [1.54, 1.807) is 18.1 Å². The largest absolute Gasteiger partial charge is 0.465 e. The van der Waals surface area contributed by atoms with E-state index < -0.39 is 0 Å². The average Bonchev–Trinajstić information content (AvgIpc) is 2.42. The van der Waals surface area contributed by atoms with Crippen molar-refractivity contribution in [1.29, 1.82) is 0 Å². The van der Waals surface area contributed by atoms with Gasteiger partial charge in [0.05, 0.1) is 6.61 Å². The van der Waals surface area contributed by atoms with E-state index in [4.69, 9.17) is 4.74 Å². The van der Waals surface area contributed by atoms with Gasteiger partial charge in [0, 0.05) is 26.1 Å². The van der Waals surface area contributed by atoms with Gasteiger partial charge in [-0.15, -0.1) is 0 Å². The molecule has 1 saturated heterocycles. The standard InChI is InChI=1S/C12H20N2O4.CH4S/c1-3-18-11(16)9-14-7-4-6-13(12(14)17)8-5-10(2)15;1-2/h3-9H2,1-2H3;2H,1H3. The normalized spacial score (nSPS) is 14.5. The van der Waals surface area contributed by atoms with Gasteiger partial charge in [-0.1, -0.05) is 0 Å². The highest BCUT2D eigenvalue weighted by molar-refractivity contribution is 7.79. The Labute approximate surface area is 125 Å². The Bertz CT molecular complexity index is 336. The highest BCUT2D eigenvalue weighted by atomic mass is 32.1. The van der Waals surface area contributed by atoms with Gasteiger partial charge in [0.15, 0.2) is 0 Å². The highest BCUT2D eigenvalue weighted by Gasteiger charge is 2.27. The minimum atomic E-state index is -0.390. The Balaban J connectivity index is 0.00000172. The van der Waals surface area contributed by atoms with E-state index in [-0.39, 0.29) is 24.3 Å². The SMILES string of the molecule is CCOC(=O)CN1CCCN(CCC(C)=O)C1=O.CS. The van der Waals surface area contributed by atoms with Crippen LogP contribution in [0.15, 0.2) is 0 Å². The number of hydrogen-bond donors (Lipinski definition) is 1. The van der Waals surface area contributed by atoms with E-state index in [2.05, 4.69) is 12.6 Å². The van der Waals surface area contributed by atoms with E-state index in [1.165, 1.54) is 11.8 Å². The summed E-state index contributed by atoms with van der Waals surface area (Å²) in [5.74, 6) is -0.329. The van der Waals surface area contributed by atoms with E-state index in [9.17, 15) is 14.4 Å². The molecule has 0 saturated carbocycles. The van der Waals surface area contributed by atoms with Gasteiger partial charge in [0.2, 0.25) is 0 Å². The van der Waals surface area contributed by atoms with Crippen LogP contribution >= 0.6 is 12.6 Å². The van der Waals surface area contributed by atoms with Crippen LogP contribution in [-0.4, -0.2) is 66.6 Å². The topological polar surface area (TPSA) is 66.9 Å². The number of nitrogens with zero attached hydrogens (tertiary/aromatic N) is 2. The highest BCUT2D eigenvalue weighted by Crippen LogP contribution is 2.09. The maximum absolute atomic E-state index is 12.0. The van der Waals surface area contributed by atoms with Crippen molar-refractivity contribution in [3.63, 3.8) is 0 Å². The van der Waals surface area contributed by atoms with E-state index in [0.29, 0.717) is 32.7 Å². The number of rotatable bonds is 6. The Morgan fingerprint density at radius 3 is 2.40 bits per heavy atom. The van der Waals surface area contributed by atoms with Crippen LogP contribution in [0.1, 0.15) is 26.7 Å². The molecule has 116 valence electrons. The van der Waals surface area contributed by atoms with Crippen LogP contribution in [0.4, 0.5) is 4.79 Å². The van der Waals surface area contributed by atoms with Crippen molar-refractivity contribution in [3.8, 4) is 0 Å². The van der Waals surface area contributed by atoms with Crippen LogP contribution in [0.5, 0.6) is 0 Å². The molecule has 1 rings (SSSR count). The van der Waals surface area contributed by atoms with Gasteiger partial charge in [-0.25, -0.2) is 4.79 Å². The predicted molar refractivity (Wildman–Crippen MR) is 80.0 cm³/mol. The van der Waals surface area contributed by atoms with Crippen LogP contribution in [0.3, 0.4) is 0 Å². The van der Waals surface area contributed by atoms with Crippen molar-refractivity contribution in [2.24, 2.45) is 0 Å². The number of hydrogen-bond acceptors (Lipinski definition) is 5. The summed E-state index contributed by atoms with van der Waals surface area (Å²) in [6.45, 7) is 5.17. The molecule has 0 spiro atoms. The number of thiol groups is 1. The summed E-state index contributed by atoms with van der Waals surface area (Å²) in [6.07, 6.45) is 2.86. The van der Waals surface area contributed by atoms with Crippen molar-refractivity contribution in [1.82, 2.24) is 9.80 Å². The summed E-state index contributed by atoms with van der Waals surface area (Å²) >= 11 is 3.53. The molecule has 1 aliphatic heterocycles. The molecule has 0 aromatic rings. The Kier molecular flexibility index (Phi) is 9.88. The zero-order valence-corrected chi connectivity index (χ0v) is 13.3. The number of ether oxygens (including phenoxy) is 1. The molecule has 20 heavy (non-hydrogen) atoms. The van der Waals surface area contributed by atoms with Crippen LogP contribution in [0.25, 0.3) is 0 Å². The fraction of sp³-hybridized carbons (Fsp3) is 0.769. The molecule has 0 bridgehead atoms. The summed E-state index contributed by atoms with van der Waals surface area (Å²) in [5.41, 5.74) is 0. The molecule has 0 aromatic carbocycles. The van der Waals surface area contributed by atoms with Gasteiger partial charge >= 0.3 is 12.0 Å². The quantitative estimate of drug-likeness (QED) is 0.591. The average molecular weight is 304 g/mol. The molecule has 0 atom stereocenters. The summed E-state index contributed by atoms with van der Waals surface area (Å²) in [7, 11) is 0. The zero-order chi connectivity index (χ0) is 15.5. The second kappa shape index (κ2) is 10.5. The van der Waals surface area contributed by atoms with Gasteiger partial charge in [-0.3, -0.25) is 9.59 Å². The molecule has 2 amide bonds. The Morgan fingerprint density at radius 1 is 1.25 bits per heavy atom. The monoisotopic (exact) mass is 304 g/mol. The zero-order valence-electron chi connectivity index (χ0n) is 12.4. The van der Waals surface area contributed by atoms with Crippen LogP contribution in [-0.2, 0) is 14.3 Å². The fourth-order valence-corrected chi connectivity index (χ4v) is 1.85. The minimum absolute atomic E-state index is 0.0107. The van der Waals surface area contributed by atoms with Gasteiger partial charge in [-0.2, -0.15) is 12.6 Å². The molecular weight excluding hydrogens is 280 g/mol. The first-order valence-electron chi connectivity index (χ1n) is 6.68. The van der Waals surface area contributed by atoms with E-state index in [1.807, 2.05) is 0 Å². The number of Topliss-reactive ketones (excluding diaryl/α,β-unsaturated/α-hetero) is 1. The molecule has 0 aromatic heterocycles. The number of urea groups is 1. The first kappa shape index (κ1) is 18.8. The molecule has 0 radical (unpaired) electrons. The molecule has 0 unspecified atom stereocenters. The minimum Gasteiger partial charge on any atom is -0.465 e. The Morgan fingerprint density at radius 2 is 1.85 bits per heavy atom. The van der Waals surface area contributed by atoms with Gasteiger partial charge in [0.25, 0.3) is 0 Å². The van der Waals surface area contributed by atoms with Crippen molar-refractivity contribution < 1.29 is 19.1 Å². The molecule has 1 aliphatic rings. The summed E-state index contributed by atoms with van der Waals surface area (Å²) < 4.78 is 4.82. The van der Waals surface area contributed by atoms with Gasteiger partial charge < -0.3 is 14.5 Å². The smallest absolute Gasteiger partial charge is 0.325 e. The lowest BCUT2D eigenvalue weighted by Crippen LogP contribution is -2.51. The second-order valence-corrected chi connectivity index (χ2v) is 4.30. The van der Waals surface area contributed by atoms with E-state index >= 15 is 0 Å². The lowest BCUT2D eigenvalue weighted by molar-refractivity contribution is -0.144. The summed E-state index contributed by atoms with van der Waals surface area (Å²) in [5, 5.41) is 0. The lowest BCUT2D eigenvalue weighted by atomic mass is 10.2. The molecule has 0 aliphatic carbocycles. The molecule has 6 nitrogen and oxygen atoms in total. The summed E-state index contributed by atoms with van der Waals surface area (Å²) in [4.78, 5) is 37.4. The van der Waals surface area contributed by atoms with Gasteiger partial charge in [-0.05, 0) is 26.5 Å². The molecule has 1 heterocycles. The number of carbonyl (C=O) groups is 3. The molecule has 7 heteroatoms. The van der Waals surface area contributed by atoms with Crippen LogP contribution in [0, 0.1) is 0 Å². The van der Waals surface area contributed by atoms with Crippen molar-refractivity contribution in [2.45, 2.75) is 26.7 Å². The van der Waals surface area contributed by atoms with Crippen LogP contribution < -0.4 is 0 Å². The second-order valence-electron chi connectivity index (χ2n) is 4.30. The third-order valence-electron chi connectivity index (χ3n) is 2.76. The molecular formula is C13H24N2O4S. The number of amides is 2. The maximum Gasteiger partial charge on any atom is 0.325 e. The van der Waals surface area contributed by atoms with Crippen molar-refractivity contribution in [3.05, 3.63) is 0 Å². The summed E-state index contributed by atoms with van der Waals surface area (Å²) in [6, 6.07) is -0.185. The lowest BCUT2D eigenvalue weighted by Gasteiger charge is -2.34.